The van der Waals surface area contributed by atoms with Crippen molar-refractivity contribution >= 4 is 16.9 Å². The van der Waals surface area contributed by atoms with Gasteiger partial charge in [-0.2, -0.15) is 5.10 Å². The van der Waals surface area contributed by atoms with Crippen LogP contribution in [0.2, 0.25) is 0 Å². The van der Waals surface area contributed by atoms with E-state index in [0.29, 0.717) is 5.69 Å². The van der Waals surface area contributed by atoms with E-state index in [1.165, 1.54) is 13.2 Å². The summed E-state index contributed by atoms with van der Waals surface area (Å²) in [5, 5.41) is 7.15. The highest BCUT2D eigenvalue weighted by atomic mass is 16.5. The van der Waals surface area contributed by atoms with E-state index in [2.05, 4.69) is 14.9 Å². The van der Waals surface area contributed by atoms with Crippen LogP contribution in [-0.4, -0.2) is 23.3 Å². The molecule has 0 aliphatic heterocycles. The van der Waals surface area contributed by atoms with Gasteiger partial charge >= 0.3 is 5.97 Å². The van der Waals surface area contributed by atoms with Crippen LogP contribution in [0.15, 0.2) is 45.8 Å². The number of nitrogens with zero attached hydrogens (tertiary/aromatic N) is 1. The third-order valence-electron chi connectivity index (χ3n) is 2.96. The summed E-state index contributed by atoms with van der Waals surface area (Å²) in [6.45, 7) is 0. The smallest absolute Gasteiger partial charge is 0.343 e. The lowest BCUT2D eigenvalue weighted by Crippen LogP contribution is -2.20. The fourth-order valence-electron chi connectivity index (χ4n) is 1.94. The van der Waals surface area contributed by atoms with Crippen LogP contribution in [0.5, 0.6) is 0 Å². The van der Waals surface area contributed by atoms with Crippen molar-refractivity contribution in [2.75, 3.05) is 7.11 Å². The number of benzene rings is 1. The van der Waals surface area contributed by atoms with Gasteiger partial charge in [-0.3, -0.25) is 4.79 Å². The molecule has 100 valence electrons. The van der Waals surface area contributed by atoms with E-state index in [9.17, 15) is 9.59 Å². The number of aromatic nitrogens is 2. The van der Waals surface area contributed by atoms with Crippen molar-refractivity contribution in [1.29, 1.82) is 0 Å². The Morgan fingerprint density at radius 1 is 1.30 bits per heavy atom. The molecule has 2 aromatic heterocycles. The maximum atomic E-state index is 11.5. The van der Waals surface area contributed by atoms with Crippen molar-refractivity contribution in [3.05, 3.63) is 52.5 Å². The topological polar surface area (TPSA) is 85.2 Å². The lowest BCUT2D eigenvalue weighted by Gasteiger charge is -2.03. The molecular formula is C14H10N2O4. The highest BCUT2D eigenvalue weighted by molar-refractivity contribution is 5.90. The Morgan fingerprint density at radius 3 is 2.95 bits per heavy atom. The summed E-state index contributed by atoms with van der Waals surface area (Å²) in [4.78, 5) is 23.0. The first kappa shape index (κ1) is 12.2. The Balaban J connectivity index is 2.13. The highest BCUT2D eigenvalue weighted by Crippen LogP contribution is 2.23. The fourth-order valence-corrected chi connectivity index (χ4v) is 1.94. The Bertz CT molecular complexity index is 848. The van der Waals surface area contributed by atoms with Crippen LogP contribution in [0.25, 0.3) is 22.2 Å². The van der Waals surface area contributed by atoms with Crippen molar-refractivity contribution in [2.24, 2.45) is 0 Å². The fraction of sp³-hybridized carbons (Fsp3) is 0.0714. The molecule has 0 fully saturated rings. The normalized spacial score (nSPS) is 10.7. The molecule has 0 saturated heterocycles. The van der Waals surface area contributed by atoms with Crippen LogP contribution in [-0.2, 0) is 4.74 Å². The molecule has 1 N–H and O–H groups in total. The zero-order chi connectivity index (χ0) is 14.1. The molecule has 6 nitrogen and oxygen atoms in total. The van der Waals surface area contributed by atoms with Crippen molar-refractivity contribution in [2.45, 2.75) is 0 Å². The molecule has 6 heteroatoms. The number of carbonyl (C=O) groups excluding carboxylic acids is 1. The highest BCUT2D eigenvalue weighted by Gasteiger charge is 2.13. The summed E-state index contributed by atoms with van der Waals surface area (Å²) in [7, 11) is 1.22. The Labute approximate surface area is 113 Å². The molecule has 3 aromatic rings. The van der Waals surface area contributed by atoms with E-state index >= 15 is 0 Å². The summed E-state index contributed by atoms with van der Waals surface area (Å²) < 4.78 is 9.82. The van der Waals surface area contributed by atoms with E-state index in [-0.39, 0.29) is 5.56 Å². The average Bonchev–Trinajstić information content (AvgIpc) is 2.94. The van der Waals surface area contributed by atoms with Gasteiger partial charge in [-0.25, -0.2) is 9.89 Å². The van der Waals surface area contributed by atoms with Gasteiger partial charge in [-0.15, -0.1) is 0 Å². The predicted molar refractivity (Wildman–Crippen MR) is 71.4 cm³/mol. The molecule has 20 heavy (non-hydrogen) atoms. The minimum Gasteiger partial charge on any atom is -0.465 e. The molecule has 0 unspecified atom stereocenters. The summed E-state index contributed by atoms with van der Waals surface area (Å²) in [5.74, 6) is -0.695. The number of aromatic amines is 1. The second-order valence-electron chi connectivity index (χ2n) is 4.16. The molecule has 0 amide bonds. The number of fused-ring (bicyclic) bond motifs is 1. The number of nitrogens with one attached hydrogen (secondary N) is 1. The molecule has 0 atom stereocenters. The average molecular weight is 270 g/mol. The van der Waals surface area contributed by atoms with Gasteiger partial charge in [0.25, 0.3) is 5.56 Å². The number of hydrogen-bond acceptors (Lipinski definition) is 5. The standard InChI is InChI=1S/C14H10N2O4/c1-19-14(18)10-7-11(15-16-13(10)17)8-2-3-12-9(6-8)4-5-20-12/h2-7H,1H3,(H,16,17). The number of furan rings is 1. The zero-order valence-corrected chi connectivity index (χ0v) is 10.5. The van der Waals surface area contributed by atoms with E-state index in [1.807, 2.05) is 12.1 Å². The van der Waals surface area contributed by atoms with Gasteiger partial charge in [-0.05, 0) is 30.3 Å². The van der Waals surface area contributed by atoms with Crippen LogP contribution in [0.4, 0.5) is 0 Å². The molecule has 2 heterocycles. The van der Waals surface area contributed by atoms with Crippen molar-refractivity contribution in [1.82, 2.24) is 10.2 Å². The lowest BCUT2D eigenvalue weighted by atomic mass is 10.1. The SMILES string of the molecule is COC(=O)c1cc(-c2ccc3occc3c2)n[nH]c1=O. The molecule has 0 saturated carbocycles. The third kappa shape index (κ3) is 1.97. The molecule has 0 aliphatic carbocycles. The predicted octanol–water partition coefficient (Wildman–Crippen LogP) is 1.97. The second-order valence-corrected chi connectivity index (χ2v) is 4.16. The summed E-state index contributed by atoms with van der Waals surface area (Å²) in [5.41, 5.74) is 1.34. The Morgan fingerprint density at radius 2 is 2.15 bits per heavy atom. The first-order valence-electron chi connectivity index (χ1n) is 5.85. The second kappa shape index (κ2) is 4.65. The monoisotopic (exact) mass is 270 g/mol. The Kier molecular flexibility index (Phi) is 2.83. The maximum absolute atomic E-state index is 11.5. The van der Waals surface area contributed by atoms with Crippen LogP contribution >= 0.6 is 0 Å². The van der Waals surface area contributed by atoms with Gasteiger partial charge in [0.15, 0.2) is 0 Å². The van der Waals surface area contributed by atoms with Gasteiger partial charge in [0, 0.05) is 10.9 Å². The molecule has 3 rings (SSSR count). The van der Waals surface area contributed by atoms with Crippen molar-refractivity contribution in [3.8, 4) is 11.3 Å². The molecule has 0 bridgehead atoms. The first-order chi connectivity index (χ1) is 9.69. The van der Waals surface area contributed by atoms with Crippen LogP contribution in [0, 0.1) is 0 Å². The van der Waals surface area contributed by atoms with Crippen LogP contribution in [0.3, 0.4) is 0 Å². The van der Waals surface area contributed by atoms with Gasteiger partial charge in [0.1, 0.15) is 11.1 Å². The van der Waals surface area contributed by atoms with E-state index < -0.39 is 11.5 Å². The molecule has 1 aromatic carbocycles. The number of hydrogen-bond donors (Lipinski definition) is 1. The first-order valence-corrected chi connectivity index (χ1v) is 5.85. The van der Waals surface area contributed by atoms with E-state index in [0.717, 1.165) is 16.5 Å². The van der Waals surface area contributed by atoms with Gasteiger partial charge in [-0.1, -0.05) is 0 Å². The molecular weight excluding hydrogens is 260 g/mol. The number of carbonyl (C=O) groups is 1. The van der Waals surface area contributed by atoms with Gasteiger partial charge in [0.05, 0.1) is 19.1 Å². The quantitative estimate of drug-likeness (QED) is 0.719. The van der Waals surface area contributed by atoms with Crippen molar-refractivity contribution in [3.63, 3.8) is 0 Å². The largest absolute Gasteiger partial charge is 0.465 e. The van der Waals surface area contributed by atoms with Gasteiger partial charge < -0.3 is 9.15 Å². The molecule has 0 aliphatic rings. The molecule has 0 radical (unpaired) electrons. The molecule has 0 spiro atoms. The van der Waals surface area contributed by atoms with Gasteiger partial charge in [0.2, 0.25) is 0 Å². The maximum Gasteiger partial charge on any atom is 0.343 e. The summed E-state index contributed by atoms with van der Waals surface area (Å²) >= 11 is 0. The van der Waals surface area contributed by atoms with Crippen molar-refractivity contribution < 1.29 is 13.9 Å². The zero-order valence-electron chi connectivity index (χ0n) is 10.5. The summed E-state index contributed by atoms with van der Waals surface area (Å²) in [6, 6.07) is 8.70. The van der Waals surface area contributed by atoms with E-state index in [4.69, 9.17) is 4.42 Å². The number of H-pyrrole nitrogens is 1. The Hall–Kier alpha value is -2.89. The minimum absolute atomic E-state index is 0.0789. The number of rotatable bonds is 2. The number of esters is 1. The van der Waals surface area contributed by atoms with Crippen LogP contribution in [0.1, 0.15) is 10.4 Å². The number of ether oxygens (including phenoxy) is 1. The number of methoxy groups -OCH3 is 1. The van der Waals surface area contributed by atoms with E-state index in [1.54, 1.807) is 18.4 Å². The van der Waals surface area contributed by atoms with Crippen LogP contribution < -0.4 is 5.56 Å². The minimum atomic E-state index is -0.695. The lowest BCUT2D eigenvalue weighted by molar-refractivity contribution is 0.0598. The third-order valence-corrected chi connectivity index (χ3v) is 2.96. The summed E-state index contributed by atoms with van der Waals surface area (Å²) in [6.07, 6.45) is 1.59.